The molecule has 0 aromatic heterocycles. The van der Waals surface area contributed by atoms with Crippen LogP contribution in [0.5, 0.6) is 0 Å². The summed E-state index contributed by atoms with van der Waals surface area (Å²) < 4.78 is 0. The Morgan fingerprint density at radius 1 is 0.778 bits per heavy atom. The molecule has 220 valence electrons. The fourth-order valence-corrected chi connectivity index (χ4v) is 7.08. The van der Waals surface area contributed by atoms with Gasteiger partial charge in [-0.05, 0) is 114 Å². The molecule has 3 unspecified atom stereocenters. The van der Waals surface area contributed by atoms with E-state index in [-0.39, 0.29) is 23.9 Å². The lowest BCUT2D eigenvalue weighted by Gasteiger charge is -2.40. The summed E-state index contributed by atoms with van der Waals surface area (Å²) in [5, 5.41) is 8.51. The Labute approximate surface area is 232 Å². The molecule has 4 atom stereocenters. The van der Waals surface area contributed by atoms with Gasteiger partial charge in [0.15, 0.2) is 0 Å². The van der Waals surface area contributed by atoms with Gasteiger partial charge in [0.2, 0.25) is 0 Å². The highest BCUT2D eigenvalue weighted by Gasteiger charge is 2.31. The van der Waals surface area contributed by atoms with Gasteiger partial charge in [0.1, 0.15) is 0 Å². The molecular weight excluding hydrogens is 497 g/mol. The van der Waals surface area contributed by atoms with Gasteiger partial charge >= 0.3 is 0 Å². The molecule has 8 N–H and O–H groups in total. The van der Waals surface area contributed by atoms with Gasteiger partial charge in [-0.1, -0.05) is 35.1 Å². The van der Waals surface area contributed by atoms with Crippen LogP contribution < -0.4 is 10.6 Å². The second kappa shape index (κ2) is 19.4. The summed E-state index contributed by atoms with van der Waals surface area (Å²) >= 11 is 13.0. The van der Waals surface area contributed by atoms with E-state index >= 15 is 0 Å². The summed E-state index contributed by atoms with van der Waals surface area (Å²) in [6.45, 7) is 15.3. The van der Waals surface area contributed by atoms with E-state index in [0.717, 1.165) is 37.8 Å². The van der Waals surface area contributed by atoms with Crippen molar-refractivity contribution in [2.75, 3.05) is 32.7 Å². The molecule has 1 saturated heterocycles. The maximum atomic E-state index is 6.66. The van der Waals surface area contributed by atoms with Crippen molar-refractivity contribution in [3.05, 3.63) is 0 Å². The number of halogens is 2. The van der Waals surface area contributed by atoms with Gasteiger partial charge in [-0.25, -0.2) is 0 Å². The lowest BCUT2D eigenvalue weighted by atomic mass is 9.75. The van der Waals surface area contributed by atoms with Crippen molar-refractivity contribution < 1.29 is 16.4 Å². The second-order valence-electron chi connectivity index (χ2n) is 12.1. The van der Waals surface area contributed by atoms with E-state index in [1.165, 1.54) is 64.6 Å². The second-order valence-corrected chi connectivity index (χ2v) is 13.3. The zero-order valence-electron chi connectivity index (χ0n) is 22.8. The number of likely N-dealkylation sites (tertiary alicyclic amines) is 1. The average molecular weight is 559 g/mol. The molecule has 3 fully saturated rings. The van der Waals surface area contributed by atoms with Crippen LogP contribution in [0.15, 0.2) is 0 Å². The van der Waals surface area contributed by atoms with Gasteiger partial charge in [0, 0.05) is 29.4 Å². The third-order valence-electron chi connectivity index (χ3n) is 8.49. The molecule has 0 radical (unpaired) electrons. The molecule has 0 aromatic carbocycles. The van der Waals surface area contributed by atoms with Gasteiger partial charge in [-0.15, -0.1) is 23.2 Å². The normalized spacial score (nSPS) is 30.5. The van der Waals surface area contributed by atoms with Crippen molar-refractivity contribution in [2.45, 2.75) is 116 Å². The van der Waals surface area contributed by atoms with Gasteiger partial charge in [0.25, 0.3) is 0 Å². The van der Waals surface area contributed by atoms with Crippen molar-refractivity contribution in [1.82, 2.24) is 15.5 Å². The number of hydrogen-bond donors (Lipinski definition) is 2. The highest BCUT2D eigenvalue weighted by atomic mass is 35.5. The van der Waals surface area contributed by atoms with E-state index in [4.69, 9.17) is 23.2 Å². The number of nitrogens with zero attached hydrogens (tertiary/aromatic N) is 1. The Kier molecular flexibility index (Phi) is 20.7. The van der Waals surface area contributed by atoms with Crippen molar-refractivity contribution in [3.63, 3.8) is 0 Å². The Morgan fingerprint density at radius 3 is 1.92 bits per heavy atom. The summed E-state index contributed by atoms with van der Waals surface area (Å²) in [4.78, 5) is 2.74. The van der Waals surface area contributed by atoms with E-state index < -0.39 is 0 Å². The molecule has 1 aliphatic heterocycles. The first kappa shape index (κ1) is 38.5. The molecule has 2 aliphatic carbocycles. The number of hydrogen-bond acceptors (Lipinski definition) is 3. The third-order valence-corrected chi connectivity index (χ3v) is 9.28. The Balaban J connectivity index is 0. The van der Waals surface area contributed by atoms with E-state index in [0.29, 0.717) is 40.6 Å². The van der Waals surface area contributed by atoms with Gasteiger partial charge in [-0.2, -0.15) is 0 Å². The van der Waals surface area contributed by atoms with Crippen LogP contribution in [0.1, 0.15) is 92.9 Å². The first-order valence-electron chi connectivity index (χ1n) is 13.8. The molecule has 3 rings (SSSR count). The molecule has 3 aliphatic rings. The standard InChI is InChI=1S/C27H51Cl2N3.CH4.3H2O/c1-19(2)16-30-26-14-21(13-25(29)15-26)17-31-27(20(3)4)18-32-11-9-23(10-12-32)22-5-7-24(28)8-6-22;;;;/h19-27,30-31H,5-18H2,1-4H3;1H4;3*1H2/t21?,22?,24?,25?,26?,27-;;;;/m0..../s1. The number of nitrogens with one attached hydrogen (secondary N) is 2. The quantitative estimate of drug-likeness (QED) is 0.389. The number of rotatable bonds is 10. The van der Waals surface area contributed by atoms with Gasteiger partial charge in [0.05, 0.1) is 0 Å². The van der Waals surface area contributed by atoms with Crippen LogP contribution in [-0.2, 0) is 0 Å². The Bertz CT molecular complexity index is 528. The van der Waals surface area contributed by atoms with Gasteiger partial charge in [-0.3, -0.25) is 0 Å². The van der Waals surface area contributed by atoms with Gasteiger partial charge < -0.3 is 32.0 Å². The maximum Gasteiger partial charge on any atom is 0.0354 e. The van der Waals surface area contributed by atoms with Crippen LogP contribution in [-0.4, -0.2) is 76.9 Å². The summed E-state index contributed by atoms with van der Waals surface area (Å²) in [6, 6.07) is 1.17. The molecule has 6 nitrogen and oxygen atoms in total. The summed E-state index contributed by atoms with van der Waals surface area (Å²) in [6.07, 6.45) is 11.5. The molecule has 0 aromatic rings. The molecule has 36 heavy (non-hydrogen) atoms. The van der Waals surface area contributed by atoms with Crippen LogP contribution in [0.4, 0.5) is 0 Å². The van der Waals surface area contributed by atoms with Crippen molar-refractivity contribution in [1.29, 1.82) is 0 Å². The highest BCUT2D eigenvalue weighted by molar-refractivity contribution is 6.20. The van der Waals surface area contributed by atoms with Crippen LogP contribution in [0.3, 0.4) is 0 Å². The monoisotopic (exact) mass is 557 g/mol. The minimum absolute atomic E-state index is 0. The van der Waals surface area contributed by atoms with Crippen LogP contribution in [0, 0.1) is 29.6 Å². The first-order chi connectivity index (χ1) is 15.3. The molecule has 0 amide bonds. The predicted molar refractivity (Wildman–Crippen MR) is 159 cm³/mol. The summed E-state index contributed by atoms with van der Waals surface area (Å²) in [5.41, 5.74) is 0. The minimum atomic E-state index is 0. The predicted octanol–water partition coefficient (Wildman–Crippen LogP) is 4.29. The third kappa shape index (κ3) is 12.9. The number of alkyl halides is 2. The van der Waals surface area contributed by atoms with Crippen molar-refractivity contribution >= 4 is 23.2 Å². The van der Waals surface area contributed by atoms with E-state index in [2.05, 4.69) is 43.2 Å². The molecule has 2 saturated carbocycles. The highest BCUT2D eigenvalue weighted by Crippen LogP contribution is 2.37. The molecule has 0 bridgehead atoms. The average Bonchev–Trinajstić information content (AvgIpc) is 2.76. The van der Waals surface area contributed by atoms with Crippen molar-refractivity contribution in [2.24, 2.45) is 29.6 Å². The van der Waals surface area contributed by atoms with E-state index in [1.54, 1.807) is 0 Å². The molecule has 1 heterocycles. The van der Waals surface area contributed by atoms with Crippen LogP contribution >= 0.6 is 23.2 Å². The SMILES string of the molecule is C.CC(C)CNC1CC(Cl)CC(CN[C@@H](CN2CCC(C3CCC(Cl)CC3)CC2)C(C)C)C1.O.O.O. The summed E-state index contributed by atoms with van der Waals surface area (Å²) in [5.74, 6) is 3.95. The minimum Gasteiger partial charge on any atom is -0.412 e. The topological polar surface area (TPSA) is 122 Å². The largest absolute Gasteiger partial charge is 0.412 e. The van der Waals surface area contributed by atoms with E-state index in [9.17, 15) is 0 Å². The van der Waals surface area contributed by atoms with Crippen molar-refractivity contribution in [3.8, 4) is 0 Å². The molecule has 8 heteroatoms. The maximum absolute atomic E-state index is 6.66. The molecular formula is C28H61Cl2N3O3. The van der Waals surface area contributed by atoms with E-state index in [1.807, 2.05) is 0 Å². The van der Waals surface area contributed by atoms with Crippen LogP contribution in [0.2, 0.25) is 0 Å². The molecule has 0 spiro atoms. The Hall–Kier alpha value is 0.340. The lowest BCUT2D eigenvalue weighted by molar-refractivity contribution is 0.112. The zero-order valence-corrected chi connectivity index (χ0v) is 24.3. The lowest BCUT2D eigenvalue weighted by Crippen LogP contribution is -2.49. The smallest absolute Gasteiger partial charge is 0.0354 e. The number of piperidine rings is 1. The van der Waals surface area contributed by atoms with Crippen LogP contribution in [0.25, 0.3) is 0 Å². The fourth-order valence-electron chi connectivity index (χ4n) is 6.36. The summed E-state index contributed by atoms with van der Waals surface area (Å²) in [7, 11) is 0. The first-order valence-corrected chi connectivity index (χ1v) is 14.6. The zero-order chi connectivity index (χ0) is 23.1. The fraction of sp³-hybridized carbons (Fsp3) is 1.00. The Morgan fingerprint density at radius 2 is 1.36 bits per heavy atom.